The minimum Gasteiger partial charge on any atom is -0.351 e. The van der Waals surface area contributed by atoms with E-state index in [0.29, 0.717) is 24.6 Å². The molecule has 19 heavy (non-hydrogen) atoms. The van der Waals surface area contributed by atoms with Crippen molar-refractivity contribution in [1.29, 1.82) is 0 Å². The second-order valence-electron chi connectivity index (χ2n) is 4.11. The van der Waals surface area contributed by atoms with Crippen LogP contribution < -0.4 is 5.32 Å². The summed E-state index contributed by atoms with van der Waals surface area (Å²) in [5.74, 6) is 0.368. The number of amides is 1. The maximum atomic E-state index is 11.9. The number of rotatable bonds is 4. The van der Waals surface area contributed by atoms with Crippen molar-refractivity contribution < 1.29 is 9.32 Å². The van der Waals surface area contributed by atoms with Gasteiger partial charge in [-0.25, -0.2) is 0 Å². The summed E-state index contributed by atoms with van der Waals surface area (Å²) in [6.45, 7) is 0.455. The molecule has 2 heterocycles. The smallest absolute Gasteiger partial charge is 0.267 e. The Bertz CT molecular complexity index is 655. The van der Waals surface area contributed by atoms with Crippen LogP contribution in [0.5, 0.6) is 0 Å². The van der Waals surface area contributed by atoms with Gasteiger partial charge in [0.05, 0.1) is 0 Å². The van der Waals surface area contributed by atoms with Gasteiger partial charge in [0.1, 0.15) is 5.69 Å². The number of aromatic nitrogens is 3. The lowest BCUT2D eigenvalue weighted by atomic mass is 10.2. The standard InChI is InChI=1S/C13H12N4O2/c18-13(14-6-5-12-15-8-16-19-12)11-7-9-3-1-2-4-10(9)17-11/h1-4,7-8,17H,5-6H2,(H,14,18). The van der Waals surface area contributed by atoms with Crippen molar-refractivity contribution in [3.8, 4) is 0 Å². The molecule has 2 aromatic heterocycles. The third-order valence-corrected chi connectivity index (χ3v) is 2.81. The predicted octanol–water partition coefficient (Wildman–Crippen LogP) is 1.52. The van der Waals surface area contributed by atoms with E-state index < -0.39 is 0 Å². The summed E-state index contributed by atoms with van der Waals surface area (Å²) >= 11 is 0. The molecule has 1 aromatic carbocycles. The Morgan fingerprint density at radius 3 is 3.05 bits per heavy atom. The average molecular weight is 256 g/mol. The molecule has 0 bridgehead atoms. The molecule has 0 aliphatic heterocycles. The molecular weight excluding hydrogens is 244 g/mol. The average Bonchev–Trinajstić information content (AvgIpc) is 3.07. The highest BCUT2D eigenvalue weighted by Crippen LogP contribution is 2.14. The van der Waals surface area contributed by atoms with Gasteiger partial charge in [-0.3, -0.25) is 4.79 Å². The summed E-state index contributed by atoms with van der Waals surface area (Å²) in [6.07, 6.45) is 1.86. The summed E-state index contributed by atoms with van der Waals surface area (Å²) in [7, 11) is 0. The lowest BCUT2D eigenvalue weighted by molar-refractivity contribution is 0.0949. The minimum atomic E-state index is -0.143. The van der Waals surface area contributed by atoms with Crippen molar-refractivity contribution in [2.24, 2.45) is 0 Å². The largest absolute Gasteiger partial charge is 0.351 e. The van der Waals surface area contributed by atoms with Crippen LogP contribution in [0.2, 0.25) is 0 Å². The first-order valence-corrected chi connectivity index (χ1v) is 5.94. The Labute approximate surface area is 108 Å². The number of benzene rings is 1. The number of carbonyl (C=O) groups excluding carboxylic acids is 1. The van der Waals surface area contributed by atoms with E-state index in [1.54, 1.807) is 0 Å². The highest BCUT2D eigenvalue weighted by atomic mass is 16.5. The first-order chi connectivity index (χ1) is 9.33. The van der Waals surface area contributed by atoms with Crippen molar-refractivity contribution in [3.63, 3.8) is 0 Å². The van der Waals surface area contributed by atoms with Gasteiger partial charge >= 0.3 is 0 Å². The Morgan fingerprint density at radius 1 is 1.37 bits per heavy atom. The number of para-hydroxylation sites is 1. The minimum absolute atomic E-state index is 0.143. The Morgan fingerprint density at radius 2 is 2.26 bits per heavy atom. The SMILES string of the molecule is O=C(NCCc1ncno1)c1cc2ccccc2[nH]1. The van der Waals surface area contributed by atoms with Crippen LogP contribution in [-0.2, 0) is 6.42 Å². The molecule has 0 saturated heterocycles. The van der Waals surface area contributed by atoms with Crippen LogP contribution >= 0.6 is 0 Å². The van der Waals surface area contributed by atoms with Crippen LogP contribution in [0.1, 0.15) is 16.4 Å². The molecule has 3 aromatic rings. The molecule has 0 aliphatic carbocycles. The number of carbonyl (C=O) groups is 1. The maximum Gasteiger partial charge on any atom is 0.267 e. The van der Waals surface area contributed by atoms with E-state index in [1.165, 1.54) is 6.33 Å². The molecule has 6 heteroatoms. The highest BCUT2D eigenvalue weighted by Gasteiger charge is 2.09. The monoisotopic (exact) mass is 256 g/mol. The number of hydrogen-bond donors (Lipinski definition) is 2. The molecule has 2 N–H and O–H groups in total. The molecule has 0 unspecified atom stereocenters. The molecular formula is C13H12N4O2. The van der Waals surface area contributed by atoms with Gasteiger partial charge in [-0.15, -0.1) is 0 Å². The first kappa shape index (κ1) is 11.5. The summed E-state index contributed by atoms with van der Waals surface area (Å²) in [5.41, 5.74) is 1.50. The van der Waals surface area contributed by atoms with Crippen molar-refractivity contribution in [3.05, 3.63) is 48.2 Å². The zero-order valence-corrected chi connectivity index (χ0v) is 10.1. The van der Waals surface area contributed by atoms with Crippen LogP contribution in [-0.4, -0.2) is 27.6 Å². The zero-order chi connectivity index (χ0) is 13.1. The van der Waals surface area contributed by atoms with Gasteiger partial charge < -0.3 is 14.8 Å². The van der Waals surface area contributed by atoms with E-state index >= 15 is 0 Å². The second kappa shape index (κ2) is 4.93. The van der Waals surface area contributed by atoms with E-state index in [1.807, 2.05) is 30.3 Å². The number of fused-ring (bicyclic) bond motifs is 1. The van der Waals surface area contributed by atoms with E-state index in [0.717, 1.165) is 10.9 Å². The van der Waals surface area contributed by atoms with Crippen molar-refractivity contribution in [2.75, 3.05) is 6.54 Å². The topological polar surface area (TPSA) is 83.8 Å². The lowest BCUT2D eigenvalue weighted by Crippen LogP contribution is -2.26. The van der Waals surface area contributed by atoms with Crippen molar-refractivity contribution in [2.45, 2.75) is 6.42 Å². The molecule has 1 amide bonds. The summed E-state index contributed by atoms with van der Waals surface area (Å²) in [5, 5.41) is 7.32. The predicted molar refractivity (Wildman–Crippen MR) is 68.6 cm³/mol. The highest BCUT2D eigenvalue weighted by molar-refractivity contribution is 5.97. The molecule has 6 nitrogen and oxygen atoms in total. The third kappa shape index (κ3) is 2.47. The first-order valence-electron chi connectivity index (χ1n) is 5.94. The number of nitrogens with one attached hydrogen (secondary N) is 2. The molecule has 0 radical (unpaired) electrons. The van der Waals surface area contributed by atoms with Crippen LogP contribution in [0.15, 0.2) is 41.2 Å². The van der Waals surface area contributed by atoms with Gasteiger partial charge in [-0.05, 0) is 12.1 Å². The third-order valence-electron chi connectivity index (χ3n) is 2.81. The van der Waals surface area contributed by atoms with Gasteiger partial charge in [0, 0.05) is 23.9 Å². The quantitative estimate of drug-likeness (QED) is 0.741. The van der Waals surface area contributed by atoms with Crippen molar-refractivity contribution >= 4 is 16.8 Å². The van der Waals surface area contributed by atoms with Gasteiger partial charge in [0.2, 0.25) is 5.89 Å². The fraction of sp³-hybridized carbons (Fsp3) is 0.154. The van der Waals surface area contributed by atoms with E-state index in [9.17, 15) is 4.79 Å². The van der Waals surface area contributed by atoms with Crippen LogP contribution in [0.25, 0.3) is 10.9 Å². The van der Waals surface area contributed by atoms with E-state index in [-0.39, 0.29) is 5.91 Å². The van der Waals surface area contributed by atoms with E-state index in [4.69, 9.17) is 4.52 Å². The molecule has 3 rings (SSSR count). The normalized spacial score (nSPS) is 10.7. The number of H-pyrrole nitrogens is 1. The van der Waals surface area contributed by atoms with Crippen LogP contribution in [0, 0.1) is 0 Å². The van der Waals surface area contributed by atoms with E-state index in [2.05, 4.69) is 20.4 Å². The number of hydrogen-bond acceptors (Lipinski definition) is 4. The molecule has 0 fully saturated rings. The second-order valence-corrected chi connectivity index (χ2v) is 4.11. The molecule has 0 spiro atoms. The van der Waals surface area contributed by atoms with Gasteiger partial charge in [-0.2, -0.15) is 4.98 Å². The maximum absolute atomic E-state index is 11.9. The number of aromatic amines is 1. The summed E-state index contributed by atoms with van der Waals surface area (Å²) < 4.78 is 4.85. The Balaban J connectivity index is 1.63. The summed E-state index contributed by atoms with van der Waals surface area (Å²) in [4.78, 5) is 18.9. The van der Waals surface area contributed by atoms with Crippen molar-refractivity contribution in [1.82, 2.24) is 20.4 Å². The molecule has 0 saturated carbocycles. The van der Waals surface area contributed by atoms with Crippen LogP contribution in [0.4, 0.5) is 0 Å². The van der Waals surface area contributed by atoms with Gasteiger partial charge in [0.15, 0.2) is 6.33 Å². The fourth-order valence-electron chi connectivity index (χ4n) is 1.88. The summed E-state index contributed by atoms with van der Waals surface area (Å²) in [6, 6.07) is 9.59. The Hall–Kier alpha value is -2.63. The number of nitrogens with zero attached hydrogens (tertiary/aromatic N) is 2. The van der Waals surface area contributed by atoms with Gasteiger partial charge in [0.25, 0.3) is 5.91 Å². The zero-order valence-electron chi connectivity index (χ0n) is 10.1. The molecule has 96 valence electrons. The fourth-order valence-corrected chi connectivity index (χ4v) is 1.88. The molecule has 0 aliphatic rings. The van der Waals surface area contributed by atoms with Gasteiger partial charge in [-0.1, -0.05) is 23.4 Å². The lowest BCUT2D eigenvalue weighted by Gasteiger charge is -2.00. The Kier molecular flexibility index (Phi) is 2.97. The molecule has 0 atom stereocenters. The van der Waals surface area contributed by atoms with Crippen LogP contribution in [0.3, 0.4) is 0 Å².